The SMILES string of the molecule is COc1cc(C(=O)N[C@H](C)C(=O)Nc2nc3ccccc3[nH]2)cc(OC)c1OC. The summed E-state index contributed by atoms with van der Waals surface area (Å²) in [7, 11) is 4.40. The molecule has 1 heterocycles. The predicted octanol–water partition coefficient (Wildman–Crippen LogP) is 2.35. The van der Waals surface area contributed by atoms with Crippen molar-refractivity contribution < 1.29 is 23.8 Å². The Morgan fingerprint density at radius 1 is 1.03 bits per heavy atom. The minimum Gasteiger partial charge on any atom is -0.493 e. The highest BCUT2D eigenvalue weighted by molar-refractivity contribution is 6.01. The summed E-state index contributed by atoms with van der Waals surface area (Å²) in [4.78, 5) is 32.4. The van der Waals surface area contributed by atoms with E-state index >= 15 is 0 Å². The van der Waals surface area contributed by atoms with Gasteiger partial charge in [0, 0.05) is 5.56 Å². The molecule has 3 N–H and O–H groups in total. The number of hydrogen-bond acceptors (Lipinski definition) is 6. The normalized spacial score (nSPS) is 11.6. The zero-order chi connectivity index (χ0) is 21.0. The molecule has 0 unspecified atom stereocenters. The third-order valence-corrected chi connectivity index (χ3v) is 4.30. The summed E-state index contributed by atoms with van der Waals surface area (Å²) in [6.45, 7) is 1.58. The quantitative estimate of drug-likeness (QED) is 0.563. The molecule has 0 radical (unpaired) electrons. The number of rotatable bonds is 7. The number of methoxy groups -OCH3 is 3. The molecule has 0 saturated heterocycles. The van der Waals surface area contributed by atoms with Crippen molar-refractivity contribution >= 4 is 28.8 Å². The lowest BCUT2D eigenvalue weighted by atomic mass is 10.1. The van der Waals surface area contributed by atoms with Gasteiger partial charge in [0.2, 0.25) is 17.6 Å². The summed E-state index contributed by atoms with van der Waals surface area (Å²) in [6, 6.07) is 9.63. The molecular weight excluding hydrogens is 376 g/mol. The Kier molecular flexibility index (Phi) is 5.87. The zero-order valence-corrected chi connectivity index (χ0v) is 16.5. The van der Waals surface area contributed by atoms with Gasteiger partial charge in [-0.1, -0.05) is 12.1 Å². The molecule has 1 aromatic heterocycles. The van der Waals surface area contributed by atoms with Gasteiger partial charge in [-0.15, -0.1) is 0 Å². The number of carbonyl (C=O) groups is 2. The standard InChI is InChI=1S/C20H22N4O5/c1-11(18(25)24-20-22-13-7-5-6-8-14(13)23-20)21-19(26)12-9-15(27-2)17(29-4)16(10-12)28-3/h5-11H,1-4H3,(H,21,26)(H2,22,23,24,25)/t11-/m1/s1. The van der Waals surface area contributed by atoms with Crippen LogP contribution in [-0.4, -0.2) is 49.2 Å². The maximum atomic E-state index is 12.6. The molecule has 0 aliphatic carbocycles. The highest BCUT2D eigenvalue weighted by atomic mass is 16.5. The van der Waals surface area contributed by atoms with Gasteiger partial charge in [-0.05, 0) is 31.2 Å². The van der Waals surface area contributed by atoms with Crippen LogP contribution < -0.4 is 24.8 Å². The Bertz CT molecular complexity index is 988. The van der Waals surface area contributed by atoms with Crippen LogP contribution in [0.15, 0.2) is 36.4 Å². The number of para-hydroxylation sites is 2. The largest absolute Gasteiger partial charge is 0.493 e. The lowest BCUT2D eigenvalue weighted by Crippen LogP contribution is -2.41. The molecular formula is C20H22N4O5. The number of carbonyl (C=O) groups excluding carboxylic acids is 2. The molecule has 2 amide bonds. The van der Waals surface area contributed by atoms with Crippen molar-refractivity contribution in [3.63, 3.8) is 0 Å². The molecule has 0 fully saturated rings. The molecule has 0 aliphatic heterocycles. The Morgan fingerprint density at radius 3 is 2.28 bits per heavy atom. The van der Waals surface area contributed by atoms with E-state index in [0.29, 0.717) is 23.2 Å². The fourth-order valence-corrected chi connectivity index (χ4v) is 2.79. The van der Waals surface area contributed by atoms with Gasteiger partial charge >= 0.3 is 0 Å². The number of hydrogen-bond donors (Lipinski definition) is 3. The highest BCUT2D eigenvalue weighted by Gasteiger charge is 2.21. The van der Waals surface area contributed by atoms with Crippen molar-refractivity contribution in [2.24, 2.45) is 0 Å². The van der Waals surface area contributed by atoms with Gasteiger partial charge in [-0.3, -0.25) is 14.9 Å². The molecule has 2 aromatic carbocycles. The summed E-state index contributed by atoms with van der Waals surface area (Å²) >= 11 is 0. The van der Waals surface area contributed by atoms with E-state index in [-0.39, 0.29) is 5.56 Å². The number of fused-ring (bicyclic) bond motifs is 1. The number of ether oxygens (including phenoxy) is 3. The molecule has 3 aromatic rings. The molecule has 1 atom stereocenters. The van der Waals surface area contributed by atoms with Crippen molar-refractivity contribution in [3.05, 3.63) is 42.0 Å². The number of nitrogens with one attached hydrogen (secondary N) is 3. The summed E-state index contributed by atoms with van der Waals surface area (Å²) in [5.41, 5.74) is 1.80. The molecule has 29 heavy (non-hydrogen) atoms. The van der Waals surface area contributed by atoms with Crippen LogP contribution in [0.5, 0.6) is 17.2 Å². The summed E-state index contributed by atoms with van der Waals surface area (Å²) < 4.78 is 15.8. The number of aromatic nitrogens is 2. The van der Waals surface area contributed by atoms with Crippen molar-refractivity contribution in [1.82, 2.24) is 15.3 Å². The second-order valence-electron chi connectivity index (χ2n) is 6.20. The number of anilines is 1. The highest BCUT2D eigenvalue weighted by Crippen LogP contribution is 2.38. The fourth-order valence-electron chi connectivity index (χ4n) is 2.79. The first-order valence-electron chi connectivity index (χ1n) is 8.83. The van der Waals surface area contributed by atoms with Crippen LogP contribution in [0.4, 0.5) is 5.95 Å². The van der Waals surface area contributed by atoms with E-state index in [2.05, 4.69) is 20.6 Å². The minimum absolute atomic E-state index is 0.267. The van der Waals surface area contributed by atoms with Crippen molar-refractivity contribution in [2.45, 2.75) is 13.0 Å². The van der Waals surface area contributed by atoms with Gasteiger partial charge in [0.05, 0.1) is 32.4 Å². The number of amides is 2. The number of nitrogens with zero attached hydrogens (tertiary/aromatic N) is 1. The first kappa shape index (κ1) is 20.0. The Morgan fingerprint density at radius 2 is 1.69 bits per heavy atom. The van der Waals surface area contributed by atoms with Crippen molar-refractivity contribution in [3.8, 4) is 17.2 Å². The first-order chi connectivity index (χ1) is 14.0. The average Bonchev–Trinajstić information content (AvgIpc) is 3.14. The Labute approximate surface area is 167 Å². The molecule has 0 spiro atoms. The molecule has 152 valence electrons. The van der Waals surface area contributed by atoms with Crippen LogP contribution in [0.1, 0.15) is 17.3 Å². The minimum atomic E-state index is -0.810. The molecule has 0 aliphatic rings. The second-order valence-corrected chi connectivity index (χ2v) is 6.20. The Hall–Kier alpha value is -3.75. The molecule has 9 nitrogen and oxygen atoms in total. The van der Waals surface area contributed by atoms with Crippen LogP contribution in [-0.2, 0) is 4.79 Å². The summed E-state index contributed by atoms with van der Waals surface area (Å²) in [6.07, 6.45) is 0. The molecule has 9 heteroatoms. The van der Waals surface area contributed by atoms with Crippen LogP contribution in [0.3, 0.4) is 0 Å². The topological polar surface area (TPSA) is 115 Å². The van der Waals surface area contributed by atoms with Crippen molar-refractivity contribution in [1.29, 1.82) is 0 Å². The zero-order valence-electron chi connectivity index (χ0n) is 16.5. The van der Waals surface area contributed by atoms with Gasteiger partial charge < -0.3 is 24.5 Å². The molecule has 0 bridgehead atoms. The Balaban J connectivity index is 1.71. The number of H-pyrrole nitrogens is 1. The van der Waals surface area contributed by atoms with Gasteiger partial charge in [-0.25, -0.2) is 4.98 Å². The fraction of sp³-hybridized carbons (Fsp3) is 0.250. The van der Waals surface area contributed by atoms with E-state index in [9.17, 15) is 9.59 Å². The molecule has 3 rings (SSSR count). The third-order valence-electron chi connectivity index (χ3n) is 4.30. The smallest absolute Gasteiger partial charge is 0.252 e. The van der Waals surface area contributed by atoms with E-state index < -0.39 is 17.9 Å². The number of aromatic amines is 1. The van der Waals surface area contributed by atoms with E-state index in [1.807, 2.05) is 24.3 Å². The van der Waals surface area contributed by atoms with Crippen LogP contribution in [0.25, 0.3) is 11.0 Å². The van der Waals surface area contributed by atoms with E-state index in [0.717, 1.165) is 11.0 Å². The van der Waals surface area contributed by atoms with E-state index in [1.54, 1.807) is 6.92 Å². The van der Waals surface area contributed by atoms with Crippen LogP contribution in [0, 0.1) is 0 Å². The second kappa shape index (κ2) is 8.51. The van der Waals surface area contributed by atoms with Crippen molar-refractivity contribution in [2.75, 3.05) is 26.6 Å². The maximum absolute atomic E-state index is 12.6. The van der Waals surface area contributed by atoms with Crippen LogP contribution in [0.2, 0.25) is 0 Å². The third kappa shape index (κ3) is 4.23. The van der Waals surface area contributed by atoms with Gasteiger partial charge in [0.25, 0.3) is 5.91 Å². The van der Waals surface area contributed by atoms with Crippen LogP contribution >= 0.6 is 0 Å². The summed E-state index contributed by atoms with van der Waals surface area (Å²) in [5, 5.41) is 5.31. The number of imidazole rings is 1. The van der Waals surface area contributed by atoms with E-state index in [4.69, 9.17) is 14.2 Å². The lowest BCUT2D eigenvalue weighted by molar-refractivity contribution is -0.117. The lowest BCUT2D eigenvalue weighted by Gasteiger charge is -2.16. The number of benzene rings is 2. The van der Waals surface area contributed by atoms with E-state index in [1.165, 1.54) is 33.5 Å². The summed E-state index contributed by atoms with van der Waals surface area (Å²) in [5.74, 6) is 0.501. The van der Waals surface area contributed by atoms with Gasteiger partial charge in [0.1, 0.15) is 6.04 Å². The molecule has 0 saturated carbocycles. The predicted molar refractivity (Wildman–Crippen MR) is 108 cm³/mol. The maximum Gasteiger partial charge on any atom is 0.252 e. The van der Waals surface area contributed by atoms with Gasteiger partial charge in [-0.2, -0.15) is 0 Å². The average molecular weight is 398 g/mol. The monoisotopic (exact) mass is 398 g/mol. The first-order valence-corrected chi connectivity index (χ1v) is 8.83. The van der Waals surface area contributed by atoms with Gasteiger partial charge in [0.15, 0.2) is 11.5 Å².